The summed E-state index contributed by atoms with van der Waals surface area (Å²) in [4.78, 5) is 23.3. The summed E-state index contributed by atoms with van der Waals surface area (Å²) < 4.78 is 0. The van der Waals surface area contributed by atoms with Crippen molar-refractivity contribution in [2.75, 3.05) is 0 Å². The Morgan fingerprint density at radius 1 is 0.500 bits per heavy atom. The van der Waals surface area contributed by atoms with Crippen LogP contribution in [-0.4, -0.2) is 11.6 Å². The van der Waals surface area contributed by atoms with Crippen LogP contribution in [0, 0.1) is 0 Å². The maximum Gasteiger partial charge on any atom is 0.133 e. The molecule has 0 aliphatic heterocycles. The van der Waals surface area contributed by atoms with Gasteiger partial charge in [-0.1, -0.05) is 65.2 Å². The Labute approximate surface area is 125 Å². The molecule has 0 aromatic rings. The number of hydrogen-bond acceptors (Lipinski definition) is 2. The average Bonchev–Trinajstić information content (AvgIpc) is 2.44. The fraction of sp³-hybridized carbons (Fsp3) is 0.889. The van der Waals surface area contributed by atoms with Crippen molar-refractivity contribution in [1.29, 1.82) is 0 Å². The Kier molecular flexibility index (Phi) is 14.3. The van der Waals surface area contributed by atoms with Gasteiger partial charge in [0.2, 0.25) is 0 Å². The highest BCUT2D eigenvalue weighted by atomic mass is 16.1. The molecule has 0 amide bonds. The minimum absolute atomic E-state index is 0.279. The molecule has 0 bridgehead atoms. The van der Waals surface area contributed by atoms with Gasteiger partial charge < -0.3 is 0 Å². The van der Waals surface area contributed by atoms with Crippen LogP contribution in [0.3, 0.4) is 0 Å². The molecule has 0 atom stereocenters. The molecule has 20 heavy (non-hydrogen) atoms. The lowest BCUT2D eigenvalue weighted by atomic mass is 10.0. The van der Waals surface area contributed by atoms with Gasteiger partial charge in [0.1, 0.15) is 11.6 Å². The van der Waals surface area contributed by atoms with Crippen LogP contribution in [0.25, 0.3) is 0 Å². The van der Waals surface area contributed by atoms with Crippen LogP contribution in [0.2, 0.25) is 0 Å². The van der Waals surface area contributed by atoms with E-state index in [1.807, 2.05) is 0 Å². The second-order valence-corrected chi connectivity index (χ2v) is 5.91. The molecular weight excluding hydrogens is 248 g/mol. The van der Waals surface area contributed by atoms with Gasteiger partial charge in [0.05, 0.1) is 0 Å². The summed E-state index contributed by atoms with van der Waals surface area (Å²) in [6, 6.07) is 0. The van der Waals surface area contributed by atoms with Gasteiger partial charge >= 0.3 is 0 Å². The molecule has 0 spiro atoms. The molecule has 0 aliphatic carbocycles. The Morgan fingerprint density at radius 3 is 1.20 bits per heavy atom. The van der Waals surface area contributed by atoms with E-state index < -0.39 is 0 Å². The second kappa shape index (κ2) is 14.7. The molecule has 2 nitrogen and oxygen atoms in total. The van der Waals surface area contributed by atoms with Gasteiger partial charge in [-0.15, -0.1) is 0 Å². The molecule has 2 heteroatoms. The highest BCUT2D eigenvalue weighted by molar-refractivity contribution is 5.85. The highest BCUT2D eigenvalue weighted by Crippen LogP contribution is 2.10. The fourth-order valence-corrected chi connectivity index (χ4v) is 2.38. The van der Waals surface area contributed by atoms with E-state index in [1.165, 1.54) is 38.5 Å². The van der Waals surface area contributed by atoms with Gasteiger partial charge in [0.25, 0.3) is 0 Å². The molecule has 118 valence electrons. The first-order valence-corrected chi connectivity index (χ1v) is 8.74. The molecule has 0 aromatic carbocycles. The van der Waals surface area contributed by atoms with Crippen LogP contribution < -0.4 is 0 Å². The number of unbranched alkanes of at least 4 members (excludes halogenated alkanes) is 8. The zero-order valence-electron chi connectivity index (χ0n) is 13.7. The van der Waals surface area contributed by atoms with Crippen molar-refractivity contribution in [2.24, 2.45) is 0 Å². The predicted molar refractivity (Wildman–Crippen MR) is 86.0 cm³/mol. The van der Waals surface area contributed by atoms with E-state index >= 15 is 0 Å². The van der Waals surface area contributed by atoms with Gasteiger partial charge in [-0.3, -0.25) is 9.59 Å². The molecule has 0 aromatic heterocycles. The Morgan fingerprint density at radius 2 is 0.850 bits per heavy atom. The Balaban J connectivity index is 3.37. The van der Waals surface area contributed by atoms with E-state index in [9.17, 15) is 9.59 Å². The number of hydrogen-bond donors (Lipinski definition) is 0. The molecule has 0 fully saturated rings. The molecule has 0 heterocycles. The zero-order valence-corrected chi connectivity index (χ0v) is 13.7. The number of carbonyl (C=O) groups is 2. The third-order valence-electron chi connectivity index (χ3n) is 3.80. The summed E-state index contributed by atoms with van der Waals surface area (Å²) >= 11 is 0. The summed E-state index contributed by atoms with van der Waals surface area (Å²) in [6.07, 6.45) is 14.1. The quantitative estimate of drug-likeness (QED) is 0.365. The van der Waals surface area contributed by atoms with Gasteiger partial charge in [0, 0.05) is 25.7 Å². The molecule has 0 unspecified atom stereocenters. The largest absolute Gasteiger partial charge is 0.300 e. The van der Waals surface area contributed by atoms with Crippen LogP contribution in [0.4, 0.5) is 0 Å². The summed E-state index contributed by atoms with van der Waals surface area (Å²) in [5, 5.41) is 0. The van der Waals surface area contributed by atoms with Crippen LogP contribution in [0.15, 0.2) is 0 Å². The smallest absolute Gasteiger partial charge is 0.133 e. The Hall–Kier alpha value is -0.660. The molecular formula is C18H34O2. The lowest BCUT2D eigenvalue weighted by Gasteiger charge is -2.02. The van der Waals surface area contributed by atoms with Crippen molar-refractivity contribution < 1.29 is 9.59 Å². The monoisotopic (exact) mass is 282 g/mol. The van der Waals surface area contributed by atoms with Gasteiger partial charge in [-0.2, -0.15) is 0 Å². The molecule has 0 radical (unpaired) electrons. The van der Waals surface area contributed by atoms with Gasteiger partial charge in [-0.25, -0.2) is 0 Å². The maximum absolute atomic E-state index is 11.6. The predicted octanol–water partition coefficient (Wildman–Crippen LogP) is 5.63. The fourth-order valence-electron chi connectivity index (χ4n) is 2.38. The summed E-state index contributed by atoms with van der Waals surface area (Å²) in [7, 11) is 0. The summed E-state index contributed by atoms with van der Waals surface area (Å²) in [5.41, 5.74) is 0. The van der Waals surface area contributed by atoms with E-state index in [-0.39, 0.29) is 11.6 Å². The van der Waals surface area contributed by atoms with E-state index in [4.69, 9.17) is 0 Å². The third-order valence-corrected chi connectivity index (χ3v) is 3.80. The normalized spacial score (nSPS) is 10.7. The van der Waals surface area contributed by atoms with Crippen LogP contribution in [0.5, 0.6) is 0 Å². The second-order valence-electron chi connectivity index (χ2n) is 5.91. The number of carbonyl (C=O) groups excluding carboxylic acids is 2. The summed E-state index contributed by atoms with van der Waals surface area (Å²) in [6.45, 7) is 4.39. The van der Waals surface area contributed by atoms with E-state index in [0.29, 0.717) is 25.7 Å². The van der Waals surface area contributed by atoms with E-state index in [0.717, 1.165) is 25.7 Å². The SMILES string of the molecule is CCCCCCCC(=O)CCC(=O)CCCCCCC. The number of rotatable bonds is 15. The van der Waals surface area contributed by atoms with Crippen molar-refractivity contribution in [3.8, 4) is 0 Å². The minimum atomic E-state index is 0.279. The number of ketones is 2. The van der Waals surface area contributed by atoms with Gasteiger partial charge in [-0.05, 0) is 12.8 Å². The van der Waals surface area contributed by atoms with E-state index in [2.05, 4.69) is 13.8 Å². The standard InChI is InChI=1S/C18H34O2/c1-3-5-7-9-11-13-17(19)15-16-18(20)14-12-10-8-6-4-2/h3-16H2,1-2H3. The first-order chi connectivity index (χ1) is 9.70. The highest BCUT2D eigenvalue weighted by Gasteiger charge is 2.07. The van der Waals surface area contributed by atoms with Crippen molar-refractivity contribution in [2.45, 2.75) is 104 Å². The zero-order chi connectivity index (χ0) is 15.1. The van der Waals surface area contributed by atoms with Crippen molar-refractivity contribution in [3.05, 3.63) is 0 Å². The van der Waals surface area contributed by atoms with Crippen LogP contribution in [0.1, 0.15) is 104 Å². The van der Waals surface area contributed by atoms with E-state index in [1.54, 1.807) is 0 Å². The topological polar surface area (TPSA) is 34.1 Å². The average molecular weight is 282 g/mol. The van der Waals surface area contributed by atoms with Gasteiger partial charge in [0.15, 0.2) is 0 Å². The summed E-state index contributed by atoms with van der Waals surface area (Å²) in [5.74, 6) is 0.557. The molecule has 0 rings (SSSR count). The molecule has 0 aliphatic rings. The number of Topliss-reactive ketones (excluding diaryl/α,β-unsaturated/α-hetero) is 2. The lowest BCUT2D eigenvalue weighted by Crippen LogP contribution is -2.04. The maximum atomic E-state index is 11.6. The Bertz CT molecular complexity index is 220. The van der Waals surface area contributed by atoms with Crippen LogP contribution in [-0.2, 0) is 9.59 Å². The first-order valence-electron chi connectivity index (χ1n) is 8.74. The lowest BCUT2D eigenvalue weighted by molar-refractivity contribution is -0.124. The minimum Gasteiger partial charge on any atom is -0.300 e. The molecule has 0 N–H and O–H groups in total. The van der Waals surface area contributed by atoms with Crippen LogP contribution >= 0.6 is 0 Å². The molecule has 0 saturated carbocycles. The molecule has 0 saturated heterocycles. The van der Waals surface area contributed by atoms with Crippen molar-refractivity contribution in [3.63, 3.8) is 0 Å². The third kappa shape index (κ3) is 13.8. The first kappa shape index (κ1) is 19.3. The van der Waals surface area contributed by atoms with Crippen molar-refractivity contribution in [1.82, 2.24) is 0 Å². The van der Waals surface area contributed by atoms with Crippen molar-refractivity contribution >= 4 is 11.6 Å².